The molecule has 1 aromatic heterocycles. The number of hydrogen-bond acceptors (Lipinski definition) is 3. The molecule has 0 amide bonds. The van der Waals surface area contributed by atoms with Gasteiger partial charge in [0.05, 0.1) is 0 Å². The van der Waals surface area contributed by atoms with Crippen molar-refractivity contribution in [2.75, 3.05) is 6.61 Å². The number of hydrogen-bond donors (Lipinski definition) is 1. The molecule has 1 N–H and O–H groups in total. The Balaban J connectivity index is 2.13. The molecule has 20 heavy (non-hydrogen) atoms. The van der Waals surface area contributed by atoms with Crippen LogP contribution in [0.1, 0.15) is 36.8 Å². The highest BCUT2D eigenvalue weighted by Gasteiger charge is 2.09. The SMILES string of the molecule is Cc1c(F)c(=O)sc2cc(CCCCCCO)ccc12. The van der Waals surface area contributed by atoms with Crippen LogP contribution in [0.15, 0.2) is 23.0 Å². The van der Waals surface area contributed by atoms with Crippen LogP contribution in [0, 0.1) is 12.7 Å². The van der Waals surface area contributed by atoms with Gasteiger partial charge >= 0.3 is 0 Å². The lowest BCUT2D eigenvalue weighted by molar-refractivity contribution is 0.282. The van der Waals surface area contributed by atoms with Gasteiger partial charge in [0.15, 0.2) is 5.82 Å². The second-order valence-corrected chi connectivity index (χ2v) is 6.06. The minimum absolute atomic E-state index is 0.259. The van der Waals surface area contributed by atoms with Crippen molar-refractivity contribution < 1.29 is 9.50 Å². The zero-order valence-electron chi connectivity index (χ0n) is 11.6. The van der Waals surface area contributed by atoms with E-state index in [4.69, 9.17) is 5.11 Å². The molecule has 2 nitrogen and oxygen atoms in total. The summed E-state index contributed by atoms with van der Waals surface area (Å²) in [7, 11) is 0. The fraction of sp³-hybridized carbons (Fsp3) is 0.438. The second kappa shape index (κ2) is 6.95. The molecule has 108 valence electrons. The van der Waals surface area contributed by atoms with Crippen molar-refractivity contribution in [3.05, 3.63) is 44.7 Å². The molecule has 0 aliphatic rings. The average Bonchev–Trinajstić information content (AvgIpc) is 2.44. The van der Waals surface area contributed by atoms with Crippen LogP contribution in [0.3, 0.4) is 0 Å². The van der Waals surface area contributed by atoms with Crippen LogP contribution in [0.5, 0.6) is 0 Å². The Morgan fingerprint density at radius 2 is 1.95 bits per heavy atom. The molecule has 1 heterocycles. The third-order valence-corrected chi connectivity index (χ3v) is 4.46. The van der Waals surface area contributed by atoms with Gasteiger partial charge in [-0.2, -0.15) is 0 Å². The molecule has 1 aromatic carbocycles. The summed E-state index contributed by atoms with van der Waals surface area (Å²) >= 11 is 0.980. The maximum atomic E-state index is 13.6. The van der Waals surface area contributed by atoms with Gasteiger partial charge in [0.2, 0.25) is 0 Å². The largest absolute Gasteiger partial charge is 0.396 e. The number of aliphatic hydroxyl groups excluding tert-OH is 1. The van der Waals surface area contributed by atoms with Gasteiger partial charge in [-0.1, -0.05) is 36.3 Å². The molecule has 0 saturated heterocycles. The predicted octanol–water partition coefficient (Wildman–Crippen LogP) is 3.80. The lowest BCUT2D eigenvalue weighted by atomic mass is 10.0. The van der Waals surface area contributed by atoms with Gasteiger partial charge in [-0.3, -0.25) is 4.79 Å². The number of aryl methyl sites for hydroxylation is 2. The molecule has 2 rings (SSSR count). The van der Waals surface area contributed by atoms with E-state index < -0.39 is 10.6 Å². The number of aliphatic hydroxyl groups is 1. The first-order chi connectivity index (χ1) is 9.63. The van der Waals surface area contributed by atoms with E-state index >= 15 is 0 Å². The molecule has 0 unspecified atom stereocenters. The molecule has 0 saturated carbocycles. The van der Waals surface area contributed by atoms with E-state index in [9.17, 15) is 9.18 Å². The smallest absolute Gasteiger partial charge is 0.268 e. The van der Waals surface area contributed by atoms with Crippen molar-refractivity contribution in [1.29, 1.82) is 0 Å². The van der Waals surface area contributed by atoms with E-state index in [-0.39, 0.29) is 6.61 Å². The number of halogens is 1. The summed E-state index contributed by atoms with van der Waals surface area (Å²) in [5.74, 6) is -0.626. The average molecular weight is 294 g/mol. The summed E-state index contributed by atoms with van der Waals surface area (Å²) in [6.07, 6.45) is 5.02. The van der Waals surface area contributed by atoms with Gasteiger partial charge in [-0.15, -0.1) is 0 Å². The lowest BCUT2D eigenvalue weighted by Crippen LogP contribution is -2.03. The lowest BCUT2D eigenvalue weighted by Gasteiger charge is -2.06. The molecular weight excluding hydrogens is 275 g/mol. The van der Waals surface area contributed by atoms with E-state index in [1.54, 1.807) is 6.92 Å². The van der Waals surface area contributed by atoms with Crippen LogP contribution in [0.2, 0.25) is 0 Å². The standard InChI is InChI=1S/C16H19FO2S/c1-11-13-8-7-12(6-4-2-3-5-9-18)10-14(13)20-16(19)15(11)17/h7-8,10,18H,2-6,9H2,1H3. The van der Waals surface area contributed by atoms with Gasteiger partial charge in [-0.05, 0) is 48.8 Å². The van der Waals surface area contributed by atoms with Gasteiger partial charge in [0, 0.05) is 11.3 Å². The molecule has 0 fully saturated rings. The quantitative estimate of drug-likeness (QED) is 0.823. The maximum absolute atomic E-state index is 13.6. The van der Waals surface area contributed by atoms with Crippen LogP contribution < -0.4 is 4.74 Å². The highest BCUT2D eigenvalue weighted by molar-refractivity contribution is 7.16. The summed E-state index contributed by atoms with van der Waals surface area (Å²) < 4.78 is 13.9. The molecular formula is C16H19FO2S. The molecule has 0 atom stereocenters. The first-order valence-electron chi connectivity index (χ1n) is 6.96. The second-order valence-electron chi connectivity index (χ2n) is 5.05. The Labute approximate surface area is 121 Å². The Morgan fingerprint density at radius 3 is 2.70 bits per heavy atom. The zero-order valence-corrected chi connectivity index (χ0v) is 12.4. The fourth-order valence-electron chi connectivity index (χ4n) is 2.33. The summed E-state index contributed by atoms with van der Waals surface area (Å²) in [4.78, 5) is 11.5. The summed E-state index contributed by atoms with van der Waals surface area (Å²) in [6.45, 7) is 1.91. The van der Waals surface area contributed by atoms with Gasteiger partial charge in [-0.25, -0.2) is 4.39 Å². The normalized spacial score (nSPS) is 11.2. The van der Waals surface area contributed by atoms with Crippen molar-refractivity contribution in [3.8, 4) is 0 Å². The molecule has 0 aliphatic heterocycles. The van der Waals surface area contributed by atoms with Crippen LogP contribution in [-0.4, -0.2) is 11.7 Å². The molecule has 0 bridgehead atoms. The Hall–Kier alpha value is -1.26. The van der Waals surface area contributed by atoms with Gasteiger partial charge in [0.25, 0.3) is 4.74 Å². The van der Waals surface area contributed by atoms with Crippen LogP contribution in [0.25, 0.3) is 10.1 Å². The van der Waals surface area contributed by atoms with Crippen molar-refractivity contribution in [2.24, 2.45) is 0 Å². The summed E-state index contributed by atoms with van der Waals surface area (Å²) in [5, 5.41) is 9.55. The monoisotopic (exact) mass is 294 g/mol. The van der Waals surface area contributed by atoms with E-state index in [1.807, 2.05) is 18.2 Å². The molecule has 4 heteroatoms. The third kappa shape index (κ3) is 3.44. The number of benzene rings is 1. The van der Waals surface area contributed by atoms with Gasteiger partial charge < -0.3 is 5.11 Å². The molecule has 2 aromatic rings. The third-order valence-electron chi connectivity index (χ3n) is 3.53. The van der Waals surface area contributed by atoms with Gasteiger partial charge in [0.1, 0.15) is 0 Å². The highest BCUT2D eigenvalue weighted by atomic mass is 32.1. The van der Waals surface area contributed by atoms with E-state index in [1.165, 1.54) is 5.56 Å². The molecule has 0 radical (unpaired) electrons. The number of unbranched alkanes of at least 4 members (excludes halogenated alkanes) is 3. The minimum atomic E-state index is -0.626. The molecule has 0 spiro atoms. The minimum Gasteiger partial charge on any atom is -0.396 e. The van der Waals surface area contributed by atoms with Crippen molar-refractivity contribution in [1.82, 2.24) is 0 Å². The van der Waals surface area contributed by atoms with E-state index in [2.05, 4.69) is 0 Å². The van der Waals surface area contributed by atoms with Crippen LogP contribution in [-0.2, 0) is 6.42 Å². The Bertz CT molecular complexity index is 649. The van der Waals surface area contributed by atoms with Crippen LogP contribution in [0.4, 0.5) is 4.39 Å². The first kappa shape index (κ1) is 15.1. The van der Waals surface area contributed by atoms with Crippen molar-refractivity contribution >= 4 is 21.4 Å². The first-order valence-corrected chi connectivity index (χ1v) is 7.78. The topological polar surface area (TPSA) is 37.3 Å². The summed E-state index contributed by atoms with van der Waals surface area (Å²) in [5.41, 5.74) is 1.63. The highest BCUT2D eigenvalue weighted by Crippen LogP contribution is 2.24. The van der Waals surface area contributed by atoms with Crippen molar-refractivity contribution in [3.63, 3.8) is 0 Å². The van der Waals surface area contributed by atoms with Crippen molar-refractivity contribution in [2.45, 2.75) is 39.0 Å². The Kier molecular flexibility index (Phi) is 5.26. The van der Waals surface area contributed by atoms with E-state index in [0.29, 0.717) is 5.56 Å². The van der Waals surface area contributed by atoms with E-state index in [0.717, 1.165) is 53.5 Å². The fourth-order valence-corrected chi connectivity index (χ4v) is 3.31. The predicted molar refractivity (Wildman–Crippen MR) is 82.0 cm³/mol. The summed E-state index contributed by atoms with van der Waals surface area (Å²) in [6, 6.07) is 5.92. The zero-order chi connectivity index (χ0) is 14.5. The maximum Gasteiger partial charge on any atom is 0.268 e. The Morgan fingerprint density at radius 1 is 1.20 bits per heavy atom. The number of rotatable bonds is 6. The van der Waals surface area contributed by atoms with Crippen LogP contribution >= 0.6 is 11.3 Å². The number of fused-ring (bicyclic) bond motifs is 1. The molecule has 0 aliphatic carbocycles.